The third-order valence-corrected chi connectivity index (χ3v) is 5.05. The Morgan fingerprint density at radius 2 is 1.90 bits per heavy atom. The lowest BCUT2D eigenvalue weighted by Gasteiger charge is -2.19. The summed E-state index contributed by atoms with van der Waals surface area (Å²) in [5, 5.41) is 0. The highest BCUT2D eigenvalue weighted by Crippen LogP contribution is 2.28. The van der Waals surface area contributed by atoms with Crippen LogP contribution >= 0.6 is 0 Å². The van der Waals surface area contributed by atoms with E-state index in [-0.39, 0.29) is 0 Å². The molecule has 0 aromatic carbocycles. The molecule has 20 heavy (non-hydrogen) atoms. The Kier molecular flexibility index (Phi) is 7.32. The predicted octanol–water partition coefficient (Wildman–Crippen LogP) is 3.33. The van der Waals surface area contributed by atoms with Crippen molar-refractivity contribution in [1.82, 2.24) is 4.90 Å². The van der Waals surface area contributed by atoms with Gasteiger partial charge in [-0.2, -0.15) is 0 Å². The highest BCUT2D eigenvalue weighted by Gasteiger charge is 2.24. The number of hydrogen-bond donors (Lipinski definition) is 0. The molecule has 0 amide bonds. The van der Waals surface area contributed by atoms with Crippen LogP contribution in [0.4, 0.5) is 0 Å². The minimum atomic E-state index is 0.434. The van der Waals surface area contributed by atoms with Gasteiger partial charge in [-0.05, 0) is 44.6 Å². The lowest BCUT2D eigenvalue weighted by atomic mass is 10.0. The Bertz CT molecular complexity index is 253. The minimum Gasteiger partial charge on any atom is -0.383 e. The molecule has 2 fully saturated rings. The Morgan fingerprint density at radius 1 is 1.10 bits per heavy atom. The average Bonchev–Trinajstić information content (AvgIpc) is 3.08. The van der Waals surface area contributed by atoms with Gasteiger partial charge in [0.1, 0.15) is 0 Å². The van der Waals surface area contributed by atoms with Gasteiger partial charge in [0.05, 0.1) is 12.7 Å². The van der Waals surface area contributed by atoms with Gasteiger partial charge in [-0.1, -0.05) is 25.7 Å². The van der Waals surface area contributed by atoms with E-state index in [0.717, 1.165) is 31.6 Å². The van der Waals surface area contributed by atoms with E-state index < -0.39 is 0 Å². The predicted molar refractivity (Wildman–Crippen MR) is 83.0 cm³/mol. The first-order valence-electron chi connectivity index (χ1n) is 8.61. The molecule has 0 bridgehead atoms. The summed E-state index contributed by atoms with van der Waals surface area (Å²) in [5.41, 5.74) is 0. The smallest absolute Gasteiger partial charge is 0.0589 e. The molecule has 0 aromatic heterocycles. The number of likely N-dealkylation sites (tertiary alicyclic amines) is 1. The normalized spacial score (nSPS) is 26.4. The first-order chi connectivity index (χ1) is 9.78. The average molecular weight is 283 g/mol. The standard InChI is InChI=1S/C17H33NO2/c1-15(20-11-8-16-5-3-4-6-16)13-17-7-9-18(14-17)10-12-19-2/h15-17H,3-14H2,1-2H3. The van der Waals surface area contributed by atoms with Crippen molar-refractivity contribution < 1.29 is 9.47 Å². The van der Waals surface area contributed by atoms with Crippen molar-refractivity contribution in [2.45, 2.75) is 58.0 Å². The van der Waals surface area contributed by atoms with E-state index in [2.05, 4.69) is 11.8 Å². The van der Waals surface area contributed by atoms with Crippen molar-refractivity contribution in [3.05, 3.63) is 0 Å². The second-order valence-corrected chi connectivity index (χ2v) is 6.80. The van der Waals surface area contributed by atoms with E-state index in [1.807, 2.05) is 0 Å². The Hall–Kier alpha value is -0.120. The van der Waals surface area contributed by atoms with Gasteiger partial charge in [0.15, 0.2) is 0 Å². The molecule has 0 N–H and O–H groups in total. The molecule has 1 aliphatic carbocycles. The molecule has 0 aromatic rings. The quantitative estimate of drug-likeness (QED) is 0.648. The van der Waals surface area contributed by atoms with Gasteiger partial charge in [0.25, 0.3) is 0 Å². The summed E-state index contributed by atoms with van der Waals surface area (Å²) >= 11 is 0. The van der Waals surface area contributed by atoms with Crippen LogP contribution in [-0.2, 0) is 9.47 Å². The fourth-order valence-corrected chi connectivity index (χ4v) is 3.80. The first kappa shape index (κ1) is 16.3. The summed E-state index contributed by atoms with van der Waals surface area (Å²) in [5.74, 6) is 1.78. The summed E-state index contributed by atoms with van der Waals surface area (Å²) in [6.07, 6.45) is 10.1. The van der Waals surface area contributed by atoms with Gasteiger partial charge in [-0.15, -0.1) is 0 Å². The van der Waals surface area contributed by atoms with Gasteiger partial charge < -0.3 is 14.4 Å². The topological polar surface area (TPSA) is 21.7 Å². The fraction of sp³-hybridized carbons (Fsp3) is 1.00. The maximum absolute atomic E-state index is 6.04. The minimum absolute atomic E-state index is 0.434. The highest BCUT2D eigenvalue weighted by atomic mass is 16.5. The SMILES string of the molecule is COCCN1CCC(CC(C)OCCC2CCCC2)C1. The second kappa shape index (κ2) is 9.01. The summed E-state index contributed by atoms with van der Waals surface area (Å²) in [6, 6.07) is 0. The Labute approximate surface area is 125 Å². The van der Waals surface area contributed by atoms with Crippen LogP contribution in [0.5, 0.6) is 0 Å². The van der Waals surface area contributed by atoms with Gasteiger partial charge in [-0.3, -0.25) is 0 Å². The number of rotatable bonds is 9. The third kappa shape index (κ3) is 5.71. The lowest BCUT2D eigenvalue weighted by Crippen LogP contribution is -2.25. The zero-order valence-corrected chi connectivity index (χ0v) is 13.5. The zero-order chi connectivity index (χ0) is 14.2. The summed E-state index contributed by atoms with van der Waals surface area (Å²) in [4.78, 5) is 2.53. The van der Waals surface area contributed by atoms with Crippen molar-refractivity contribution in [2.24, 2.45) is 11.8 Å². The summed E-state index contributed by atoms with van der Waals surface area (Å²) in [7, 11) is 1.79. The second-order valence-electron chi connectivity index (χ2n) is 6.80. The van der Waals surface area contributed by atoms with Crippen LogP contribution in [0.3, 0.4) is 0 Å². The van der Waals surface area contributed by atoms with Gasteiger partial charge in [0, 0.05) is 26.8 Å². The van der Waals surface area contributed by atoms with Gasteiger partial charge in [-0.25, -0.2) is 0 Å². The molecule has 3 nitrogen and oxygen atoms in total. The molecular weight excluding hydrogens is 250 g/mol. The largest absolute Gasteiger partial charge is 0.383 e. The molecule has 2 unspecified atom stereocenters. The van der Waals surface area contributed by atoms with Gasteiger partial charge in [0.2, 0.25) is 0 Å². The molecule has 2 aliphatic rings. The monoisotopic (exact) mass is 283 g/mol. The van der Waals surface area contributed by atoms with Gasteiger partial charge >= 0.3 is 0 Å². The van der Waals surface area contributed by atoms with Crippen molar-refractivity contribution in [1.29, 1.82) is 0 Å². The van der Waals surface area contributed by atoms with E-state index in [1.165, 1.54) is 58.0 Å². The molecule has 1 heterocycles. The number of methoxy groups -OCH3 is 1. The van der Waals surface area contributed by atoms with E-state index in [1.54, 1.807) is 7.11 Å². The molecule has 2 rings (SSSR count). The molecule has 1 saturated carbocycles. The third-order valence-electron chi connectivity index (χ3n) is 5.05. The zero-order valence-electron chi connectivity index (χ0n) is 13.5. The Morgan fingerprint density at radius 3 is 2.65 bits per heavy atom. The Balaban J connectivity index is 1.52. The summed E-state index contributed by atoms with van der Waals surface area (Å²) in [6.45, 7) is 7.66. The van der Waals surface area contributed by atoms with Crippen LogP contribution < -0.4 is 0 Å². The van der Waals surface area contributed by atoms with Crippen LogP contribution in [0.25, 0.3) is 0 Å². The molecular formula is C17H33NO2. The van der Waals surface area contributed by atoms with Crippen LogP contribution in [0, 0.1) is 11.8 Å². The molecule has 3 heteroatoms. The lowest BCUT2D eigenvalue weighted by molar-refractivity contribution is 0.0412. The first-order valence-corrected chi connectivity index (χ1v) is 8.61. The van der Waals surface area contributed by atoms with Crippen molar-refractivity contribution in [2.75, 3.05) is 40.0 Å². The van der Waals surface area contributed by atoms with Crippen LogP contribution in [0.15, 0.2) is 0 Å². The fourth-order valence-electron chi connectivity index (χ4n) is 3.80. The molecule has 1 saturated heterocycles. The van der Waals surface area contributed by atoms with Crippen molar-refractivity contribution in [3.8, 4) is 0 Å². The van der Waals surface area contributed by atoms with E-state index in [4.69, 9.17) is 9.47 Å². The molecule has 2 atom stereocenters. The highest BCUT2D eigenvalue weighted by molar-refractivity contribution is 4.77. The van der Waals surface area contributed by atoms with Crippen LogP contribution in [-0.4, -0.2) is 51.0 Å². The number of nitrogens with zero attached hydrogens (tertiary/aromatic N) is 1. The van der Waals surface area contributed by atoms with E-state index in [9.17, 15) is 0 Å². The van der Waals surface area contributed by atoms with E-state index >= 15 is 0 Å². The maximum Gasteiger partial charge on any atom is 0.0589 e. The van der Waals surface area contributed by atoms with Crippen LogP contribution in [0.2, 0.25) is 0 Å². The number of ether oxygens (including phenoxy) is 2. The maximum atomic E-state index is 6.04. The molecule has 1 aliphatic heterocycles. The molecule has 118 valence electrons. The summed E-state index contributed by atoms with van der Waals surface area (Å²) < 4.78 is 11.2. The molecule has 0 radical (unpaired) electrons. The number of hydrogen-bond acceptors (Lipinski definition) is 3. The van der Waals surface area contributed by atoms with E-state index in [0.29, 0.717) is 6.10 Å². The van der Waals surface area contributed by atoms with Crippen molar-refractivity contribution in [3.63, 3.8) is 0 Å². The van der Waals surface area contributed by atoms with Crippen molar-refractivity contribution >= 4 is 0 Å². The molecule has 0 spiro atoms. The van der Waals surface area contributed by atoms with Crippen LogP contribution in [0.1, 0.15) is 51.9 Å².